The van der Waals surface area contributed by atoms with E-state index in [4.69, 9.17) is 5.11 Å². The molecule has 0 atom stereocenters. The molecule has 1 aliphatic rings. The van der Waals surface area contributed by atoms with Crippen LogP contribution >= 0.6 is 0 Å². The van der Waals surface area contributed by atoms with Crippen LogP contribution in [0.15, 0.2) is 60.7 Å². The minimum atomic E-state index is -0.574. The summed E-state index contributed by atoms with van der Waals surface area (Å²) in [5.74, 6) is -0.844. The minimum Gasteiger partial charge on any atom is -0.396 e. The average Bonchev–Trinajstić information content (AvgIpc) is 2.93. The zero-order valence-electron chi connectivity index (χ0n) is 20.7. The van der Waals surface area contributed by atoms with Gasteiger partial charge in [-0.25, -0.2) is 0 Å². The van der Waals surface area contributed by atoms with E-state index >= 15 is 0 Å². The molecule has 10 heteroatoms. The zero-order valence-corrected chi connectivity index (χ0v) is 20.7. The molecule has 0 heterocycles. The zero-order chi connectivity index (χ0) is 27.1. The second-order valence-electron chi connectivity index (χ2n) is 8.77. The summed E-state index contributed by atoms with van der Waals surface area (Å²) < 4.78 is 0. The van der Waals surface area contributed by atoms with E-state index in [9.17, 15) is 24.5 Å². The summed E-state index contributed by atoms with van der Waals surface area (Å²) in [7, 11) is 0. The van der Waals surface area contributed by atoms with Crippen molar-refractivity contribution in [1.82, 2.24) is 5.32 Å². The smallest absolute Gasteiger partial charge is 0.280 e. The van der Waals surface area contributed by atoms with Gasteiger partial charge in [-0.3, -0.25) is 24.5 Å². The Balaban J connectivity index is 1.41. The minimum absolute atomic E-state index is 0.00636. The highest BCUT2D eigenvalue weighted by molar-refractivity contribution is 6.31. The summed E-state index contributed by atoms with van der Waals surface area (Å²) in [5, 5.41) is 29.6. The van der Waals surface area contributed by atoms with Crippen LogP contribution in [-0.2, 0) is 0 Å². The number of hydrogen-bond acceptors (Lipinski definition) is 9. The second-order valence-corrected chi connectivity index (χ2v) is 8.77. The van der Waals surface area contributed by atoms with Crippen molar-refractivity contribution < 1.29 is 24.4 Å². The van der Waals surface area contributed by atoms with E-state index in [-0.39, 0.29) is 41.8 Å². The molecular weight excluding hydrogens is 488 g/mol. The van der Waals surface area contributed by atoms with Crippen LogP contribution in [0.1, 0.15) is 55.0 Å². The molecule has 0 radical (unpaired) electrons. The van der Waals surface area contributed by atoms with Gasteiger partial charge >= 0.3 is 0 Å². The molecule has 0 bridgehead atoms. The molecule has 0 spiro atoms. The van der Waals surface area contributed by atoms with Crippen molar-refractivity contribution in [2.75, 3.05) is 43.4 Å². The highest BCUT2D eigenvalue weighted by Crippen LogP contribution is 2.36. The molecule has 0 aliphatic heterocycles. The number of aliphatic hydroxyl groups excluding tert-OH is 1. The molecule has 4 rings (SSSR count). The van der Waals surface area contributed by atoms with Gasteiger partial charge in [-0.2, -0.15) is 0 Å². The molecule has 0 saturated carbocycles. The van der Waals surface area contributed by atoms with Gasteiger partial charge in [-0.05, 0) is 37.6 Å². The summed E-state index contributed by atoms with van der Waals surface area (Å²) in [4.78, 5) is 49.8. The number of Topliss-reactive ketones (excluding diaryl/α,β-unsaturated/α-hetero) is 1. The van der Waals surface area contributed by atoms with E-state index in [0.717, 1.165) is 0 Å². The van der Waals surface area contributed by atoms with Gasteiger partial charge < -0.3 is 21.1 Å². The topological polar surface area (TPSA) is 151 Å². The summed E-state index contributed by atoms with van der Waals surface area (Å²) in [6, 6.07) is 16.1. The first-order chi connectivity index (χ1) is 18.4. The number of ketones is 3. The average molecular weight is 517 g/mol. The van der Waals surface area contributed by atoms with E-state index in [1.165, 1.54) is 18.2 Å². The second kappa shape index (κ2) is 12.2. The van der Waals surface area contributed by atoms with Crippen LogP contribution in [-0.4, -0.2) is 60.2 Å². The summed E-state index contributed by atoms with van der Waals surface area (Å²) in [5.41, 5.74) is 2.26. The Bertz CT molecular complexity index is 1390. The van der Waals surface area contributed by atoms with Crippen molar-refractivity contribution in [3.8, 4) is 0 Å². The van der Waals surface area contributed by atoms with Crippen LogP contribution in [0.3, 0.4) is 0 Å². The number of nitro groups is 1. The van der Waals surface area contributed by atoms with Crippen LogP contribution in [0.25, 0.3) is 0 Å². The first kappa shape index (κ1) is 26.6. The van der Waals surface area contributed by atoms with E-state index in [1.54, 1.807) is 42.5 Å². The van der Waals surface area contributed by atoms with Crippen molar-refractivity contribution in [3.63, 3.8) is 0 Å². The lowest BCUT2D eigenvalue weighted by Crippen LogP contribution is -2.26. The van der Waals surface area contributed by atoms with Crippen molar-refractivity contribution >= 4 is 34.4 Å². The summed E-state index contributed by atoms with van der Waals surface area (Å²) >= 11 is 0. The molecule has 0 fully saturated rings. The Morgan fingerprint density at radius 1 is 0.789 bits per heavy atom. The van der Waals surface area contributed by atoms with Gasteiger partial charge in [0, 0.05) is 48.3 Å². The highest BCUT2D eigenvalue weighted by Gasteiger charge is 2.33. The molecule has 38 heavy (non-hydrogen) atoms. The maximum Gasteiger partial charge on any atom is 0.280 e. The maximum atomic E-state index is 13.4. The summed E-state index contributed by atoms with van der Waals surface area (Å²) in [6.07, 6.45) is 1.09. The molecule has 0 unspecified atom stereocenters. The third-order valence-corrected chi connectivity index (χ3v) is 6.26. The quantitative estimate of drug-likeness (QED) is 0.0906. The lowest BCUT2D eigenvalue weighted by atomic mass is 9.82. The van der Waals surface area contributed by atoms with E-state index in [1.807, 2.05) is 0 Å². The van der Waals surface area contributed by atoms with Crippen molar-refractivity contribution in [2.45, 2.75) is 12.8 Å². The van der Waals surface area contributed by atoms with Crippen molar-refractivity contribution in [1.29, 1.82) is 0 Å². The van der Waals surface area contributed by atoms with Gasteiger partial charge in [-0.1, -0.05) is 36.4 Å². The molecule has 3 aromatic carbocycles. The Morgan fingerprint density at radius 3 is 1.92 bits per heavy atom. The number of para-hydroxylation sites is 1. The SMILES string of the molecule is O=C(CNCCCNc1ccc(NCCCO)c2c1C(=O)c1ccccc1C2=O)c1ccccc1[N+](=O)[O-]. The molecule has 10 nitrogen and oxygen atoms in total. The molecular formula is C28H28N4O6. The number of carbonyl (C=O) groups is 3. The number of fused-ring (bicyclic) bond motifs is 2. The molecule has 3 aromatic rings. The van der Waals surface area contributed by atoms with Gasteiger partial charge in [0.15, 0.2) is 17.3 Å². The number of nitrogens with one attached hydrogen (secondary N) is 3. The number of rotatable bonds is 13. The standard InChI is InChI=1S/C28H28N4O6/c33-16-6-15-31-22-12-11-21(25-26(22)28(36)19-8-2-1-7-18(19)27(25)35)30-14-5-13-29-17-24(34)20-9-3-4-10-23(20)32(37)38/h1-4,7-12,29-31,33H,5-6,13-17H2. The number of nitro benzene ring substituents is 1. The molecule has 0 aromatic heterocycles. The third-order valence-electron chi connectivity index (χ3n) is 6.26. The van der Waals surface area contributed by atoms with Gasteiger partial charge in [-0.15, -0.1) is 0 Å². The number of carbonyl (C=O) groups excluding carboxylic acids is 3. The lowest BCUT2D eigenvalue weighted by molar-refractivity contribution is -0.385. The number of hydrogen-bond donors (Lipinski definition) is 4. The molecule has 1 aliphatic carbocycles. The monoisotopic (exact) mass is 516 g/mol. The third kappa shape index (κ3) is 5.61. The van der Waals surface area contributed by atoms with Gasteiger partial charge in [0.1, 0.15) is 0 Å². The first-order valence-corrected chi connectivity index (χ1v) is 12.4. The van der Waals surface area contributed by atoms with Crippen LogP contribution in [0.2, 0.25) is 0 Å². The first-order valence-electron chi connectivity index (χ1n) is 12.4. The Morgan fingerprint density at radius 2 is 1.34 bits per heavy atom. The molecule has 0 saturated heterocycles. The number of anilines is 2. The van der Waals surface area contributed by atoms with Gasteiger partial charge in [0.05, 0.1) is 28.2 Å². The summed E-state index contributed by atoms with van der Waals surface area (Å²) in [6.45, 7) is 1.33. The fourth-order valence-electron chi connectivity index (χ4n) is 4.42. The maximum absolute atomic E-state index is 13.4. The largest absolute Gasteiger partial charge is 0.396 e. The highest BCUT2D eigenvalue weighted by atomic mass is 16.6. The van der Waals surface area contributed by atoms with Crippen LogP contribution in [0.5, 0.6) is 0 Å². The number of nitrogens with zero attached hydrogens (tertiary/aromatic N) is 1. The Kier molecular flexibility index (Phi) is 8.57. The Labute approximate surface area is 219 Å². The molecule has 4 N–H and O–H groups in total. The fourth-order valence-corrected chi connectivity index (χ4v) is 4.42. The van der Waals surface area contributed by atoms with E-state index in [0.29, 0.717) is 66.1 Å². The number of aliphatic hydroxyl groups is 1. The number of benzene rings is 3. The normalized spacial score (nSPS) is 12.0. The van der Waals surface area contributed by atoms with Crippen LogP contribution in [0.4, 0.5) is 17.1 Å². The van der Waals surface area contributed by atoms with E-state index in [2.05, 4.69) is 16.0 Å². The van der Waals surface area contributed by atoms with Crippen LogP contribution in [0, 0.1) is 10.1 Å². The van der Waals surface area contributed by atoms with Crippen molar-refractivity contribution in [3.05, 3.63) is 98.6 Å². The lowest BCUT2D eigenvalue weighted by Gasteiger charge is -2.24. The van der Waals surface area contributed by atoms with E-state index < -0.39 is 4.92 Å². The Hall–Kier alpha value is -4.41. The van der Waals surface area contributed by atoms with Gasteiger partial charge in [0.2, 0.25) is 0 Å². The van der Waals surface area contributed by atoms with Gasteiger partial charge in [0.25, 0.3) is 5.69 Å². The predicted molar refractivity (Wildman–Crippen MR) is 143 cm³/mol. The fraction of sp³-hybridized carbons (Fsp3) is 0.250. The molecule has 196 valence electrons. The van der Waals surface area contributed by atoms with Crippen LogP contribution < -0.4 is 16.0 Å². The molecule has 0 amide bonds. The predicted octanol–water partition coefficient (Wildman–Crippen LogP) is 3.44. The van der Waals surface area contributed by atoms with Crippen molar-refractivity contribution in [2.24, 2.45) is 0 Å².